The molecule has 1 unspecified atom stereocenters. The Labute approximate surface area is 157 Å². The first kappa shape index (κ1) is 18.3. The summed E-state index contributed by atoms with van der Waals surface area (Å²) in [5.74, 6) is 0. The molecular weight excluding hydrogens is 348 g/mol. The summed E-state index contributed by atoms with van der Waals surface area (Å²) in [6.07, 6.45) is 12.1. The van der Waals surface area contributed by atoms with Crippen LogP contribution in [0.1, 0.15) is 56.6 Å². The third kappa shape index (κ3) is 3.54. The minimum Gasteiger partial charge on any atom is -0.313 e. The van der Waals surface area contributed by atoms with Crippen LogP contribution in [0.25, 0.3) is 0 Å². The summed E-state index contributed by atoms with van der Waals surface area (Å²) in [5, 5.41) is 3.33. The van der Waals surface area contributed by atoms with E-state index in [2.05, 4.69) is 10.3 Å². The van der Waals surface area contributed by atoms with Gasteiger partial charge in [-0.25, -0.2) is 0 Å². The van der Waals surface area contributed by atoms with Crippen molar-refractivity contribution in [3.8, 4) is 0 Å². The highest BCUT2D eigenvalue weighted by atomic mass is 32.2. The average molecular weight is 379 g/mol. The second-order valence-corrected chi connectivity index (χ2v) is 9.97. The van der Waals surface area contributed by atoms with Crippen molar-refractivity contribution < 1.29 is 8.42 Å². The molecule has 1 aliphatic carbocycles. The number of piperazine rings is 1. The lowest BCUT2D eigenvalue weighted by molar-refractivity contribution is 0.0973. The molecule has 3 aliphatic rings. The van der Waals surface area contributed by atoms with E-state index in [1.807, 2.05) is 12.1 Å². The Bertz CT molecular complexity index is 694. The zero-order chi connectivity index (χ0) is 18.0. The molecule has 0 amide bonds. The van der Waals surface area contributed by atoms with Crippen LogP contribution in [0.5, 0.6) is 0 Å². The molecule has 4 rings (SSSR count). The normalized spacial score (nSPS) is 28.2. The molecule has 0 radical (unpaired) electrons. The Morgan fingerprint density at radius 2 is 1.85 bits per heavy atom. The van der Waals surface area contributed by atoms with Gasteiger partial charge in [0, 0.05) is 45.1 Å². The molecule has 1 aromatic rings. The van der Waals surface area contributed by atoms with Crippen LogP contribution in [0.3, 0.4) is 0 Å². The number of rotatable bonds is 3. The first-order chi connectivity index (χ1) is 12.6. The maximum Gasteiger partial charge on any atom is 0.282 e. The van der Waals surface area contributed by atoms with Gasteiger partial charge in [0.05, 0.1) is 6.04 Å². The lowest BCUT2D eigenvalue weighted by Gasteiger charge is -2.46. The molecule has 1 N–H and O–H groups in total. The maximum absolute atomic E-state index is 13.4. The van der Waals surface area contributed by atoms with E-state index in [1.54, 1.807) is 21.0 Å². The fourth-order valence-corrected chi connectivity index (χ4v) is 6.74. The largest absolute Gasteiger partial charge is 0.313 e. The van der Waals surface area contributed by atoms with Gasteiger partial charge in [0.1, 0.15) is 0 Å². The third-order valence-corrected chi connectivity index (χ3v) is 8.63. The van der Waals surface area contributed by atoms with Crippen LogP contribution in [0, 0.1) is 5.41 Å². The van der Waals surface area contributed by atoms with Gasteiger partial charge < -0.3 is 5.32 Å². The van der Waals surface area contributed by atoms with Gasteiger partial charge in [-0.2, -0.15) is 17.0 Å². The molecule has 1 spiro atoms. The topological polar surface area (TPSA) is 65.5 Å². The zero-order valence-electron chi connectivity index (χ0n) is 15.4. The first-order valence-electron chi connectivity index (χ1n) is 9.98. The Hall–Kier alpha value is -1.02. The van der Waals surface area contributed by atoms with Gasteiger partial charge in [0.25, 0.3) is 10.2 Å². The highest BCUT2D eigenvalue weighted by Gasteiger charge is 2.42. The van der Waals surface area contributed by atoms with Crippen LogP contribution >= 0.6 is 0 Å². The molecule has 26 heavy (non-hydrogen) atoms. The standard InChI is InChI=1S/C19H30N4O2S/c24-26(25,22-12-8-19(9-13-22)6-2-1-3-7-19)23-14-11-21-16-18(23)17-5-4-10-20-15-17/h4-5,10,15,18,21H,1-3,6-9,11-14,16H2. The van der Waals surface area contributed by atoms with E-state index < -0.39 is 10.2 Å². The van der Waals surface area contributed by atoms with Crippen LogP contribution in [0.4, 0.5) is 0 Å². The fourth-order valence-electron chi connectivity index (χ4n) is 4.96. The maximum atomic E-state index is 13.4. The molecule has 1 aromatic heterocycles. The minimum absolute atomic E-state index is 0.173. The molecule has 3 fully saturated rings. The van der Waals surface area contributed by atoms with Gasteiger partial charge in [0.15, 0.2) is 0 Å². The summed E-state index contributed by atoms with van der Waals surface area (Å²) >= 11 is 0. The number of nitrogens with zero attached hydrogens (tertiary/aromatic N) is 3. The molecule has 144 valence electrons. The number of hydrogen-bond acceptors (Lipinski definition) is 4. The molecule has 1 saturated carbocycles. The predicted molar refractivity (Wildman–Crippen MR) is 102 cm³/mol. The average Bonchev–Trinajstić information content (AvgIpc) is 2.70. The quantitative estimate of drug-likeness (QED) is 0.877. The van der Waals surface area contributed by atoms with Crippen LogP contribution < -0.4 is 5.32 Å². The molecule has 0 aromatic carbocycles. The van der Waals surface area contributed by atoms with E-state index in [9.17, 15) is 8.42 Å². The van der Waals surface area contributed by atoms with Crippen LogP contribution in [0.2, 0.25) is 0 Å². The molecular formula is C19H30N4O2S. The van der Waals surface area contributed by atoms with E-state index in [-0.39, 0.29) is 6.04 Å². The van der Waals surface area contributed by atoms with Gasteiger partial charge in [-0.3, -0.25) is 4.98 Å². The van der Waals surface area contributed by atoms with Crippen molar-refractivity contribution in [2.45, 2.75) is 51.0 Å². The Morgan fingerprint density at radius 1 is 1.08 bits per heavy atom. The lowest BCUT2D eigenvalue weighted by atomic mass is 9.68. The SMILES string of the molecule is O=S(=O)(N1CCC2(CCCCC2)CC1)N1CCNCC1c1cccnc1. The van der Waals surface area contributed by atoms with Crippen LogP contribution in [-0.2, 0) is 10.2 Å². The van der Waals surface area contributed by atoms with Gasteiger partial charge in [-0.15, -0.1) is 0 Å². The monoisotopic (exact) mass is 378 g/mol. The summed E-state index contributed by atoms with van der Waals surface area (Å²) in [6, 6.07) is 3.68. The number of aromatic nitrogens is 1. The van der Waals surface area contributed by atoms with Gasteiger partial charge in [0.2, 0.25) is 0 Å². The summed E-state index contributed by atoms with van der Waals surface area (Å²) in [4.78, 5) is 4.18. The van der Waals surface area contributed by atoms with Crippen molar-refractivity contribution in [2.24, 2.45) is 5.41 Å². The predicted octanol–water partition coefficient (Wildman–Crippen LogP) is 2.32. The molecule has 7 heteroatoms. The summed E-state index contributed by atoms with van der Waals surface area (Å²) in [5.41, 5.74) is 1.38. The number of nitrogens with one attached hydrogen (secondary N) is 1. The molecule has 0 bridgehead atoms. The molecule has 2 aliphatic heterocycles. The van der Waals surface area contributed by atoms with Gasteiger partial charge in [-0.1, -0.05) is 25.3 Å². The smallest absolute Gasteiger partial charge is 0.282 e. The summed E-state index contributed by atoms with van der Waals surface area (Å²) in [7, 11) is -3.44. The van der Waals surface area contributed by atoms with Crippen molar-refractivity contribution in [1.29, 1.82) is 0 Å². The minimum atomic E-state index is -3.44. The molecule has 3 heterocycles. The van der Waals surface area contributed by atoms with Crippen molar-refractivity contribution in [3.05, 3.63) is 30.1 Å². The van der Waals surface area contributed by atoms with Gasteiger partial charge in [-0.05, 0) is 42.7 Å². The van der Waals surface area contributed by atoms with E-state index in [0.717, 1.165) is 18.4 Å². The first-order valence-corrected chi connectivity index (χ1v) is 11.4. The number of hydrogen-bond donors (Lipinski definition) is 1. The van der Waals surface area contributed by atoms with Gasteiger partial charge >= 0.3 is 0 Å². The fraction of sp³-hybridized carbons (Fsp3) is 0.737. The molecule has 6 nitrogen and oxygen atoms in total. The Morgan fingerprint density at radius 3 is 2.54 bits per heavy atom. The van der Waals surface area contributed by atoms with Crippen LogP contribution in [0.15, 0.2) is 24.5 Å². The van der Waals surface area contributed by atoms with Crippen molar-refractivity contribution in [2.75, 3.05) is 32.7 Å². The number of piperidine rings is 1. The third-order valence-electron chi connectivity index (χ3n) is 6.58. The zero-order valence-corrected chi connectivity index (χ0v) is 16.3. The second-order valence-electron chi connectivity index (χ2n) is 8.08. The molecule has 2 saturated heterocycles. The van der Waals surface area contributed by atoms with E-state index in [1.165, 1.54) is 32.1 Å². The van der Waals surface area contributed by atoms with E-state index in [4.69, 9.17) is 0 Å². The second kappa shape index (κ2) is 7.54. The van der Waals surface area contributed by atoms with Crippen molar-refractivity contribution in [1.82, 2.24) is 18.9 Å². The molecule has 1 atom stereocenters. The summed E-state index contributed by atoms with van der Waals surface area (Å²) < 4.78 is 30.2. The van der Waals surface area contributed by atoms with E-state index >= 15 is 0 Å². The Kier molecular flexibility index (Phi) is 5.32. The summed E-state index contributed by atoms with van der Waals surface area (Å²) in [6.45, 7) is 3.21. The highest BCUT2D eigenvalue weighted by Crippen LogP contribution is 2.45. The highest BCUT2D eigenvalue weighted by molar-refractivity contribution is 7.86. The van der Waals surface area contributed by atoms with E-state index in [0.29, 0.717) is 38.1 Å². The van der Waals surface area contributed by atoms with Crippen molar-refractivity contribution in [3.63, 3.8) is 0 Å². The van der Waals surface area contributed by atoms with Crippen LogP contribution in [-0.4, -0.2) is 54.7 Å². The number of pyridine rings is 1. The van der Waals surface area contributed by atoms with Crippen molar-refractivity contribution >= 4 is 10.2 Å². The Balaban J connectivity index is 1.50. The lowest BCUT2D eigenvalue weighted by Crippen LogP contribution is -2.55.